The predicted octanol–water partition coefficient (Wildman–Crippen LogP) is 3.73. The third kappa shape index (κ3) is 1.53. The Morgan fingerprint density at radius 1 is 0.882 bits per heavy atom. The standard InChI is InChI=1S/C15H13O2/c1-16-12-3-5-14-10(8-12)7-11-9-13(17-2)4-6-15(11)14/h3-9H,1-2H3/q-1. The van der Waals surface area contributed by atoms with Gasteiger partial charge in [-0.3, -0.25) is 0 Å². The Morgan fingerprint density at radius 3 is 2.41 bits per heavy atom. The van der Waals surface area contributed by atoms with Crippen LogP contribution in [0.15, 0.2) is 42.5 Å². The highest BCUT2D eigenvalue weighted by Gasteiger charge is 1.98. The third-order valence-corrected chi connectivity index (χ3v) is 3.12. The molecule has 0 amide bonds. The number of ether oxygens (including phenoxy) is 2. The Morgan fingerprint density at radius 2 is 1.65 bits per heavy atom. The van der Waals surface area contributed by atoms with E-state index in [2.05, 4.69) is 30.3 Å². The van der Waals surface area contributed by atoms with Crippen LogP contribution >= 0.6 is 0 Å². The second-order valence-electron chi connectivity index (χ2n) is 4.05. The van der Waals surface area contributed by atoms with E-state index in [9.17, 15) is 0 Å². The summed E-state index contributed by atoms with van der Waals surface area (Å²) in [5, 5.41) is 4.91. The first-order valence-electron chi connectivity index (χ1n) is 5.53. The smallest absolute Gasteiger partial charge is 0.110 e. The first kappa shape index (κ1) is 10.1. The molecule has 17 heavy (non-hydrogen) atoms. The number of rotatable bonds is 2. The van der Waals surface area contributed by atoms with Gasteiger partial charge in [0.25, 0.3) is 0 Å². The van der Waals surface area contributed by atoms with Crippen molar-refractivity contribution in [1.82, 2.24) is 0 Å². The van der Waals surface area contributed by atoms with Gasteiger partial charge in [0.15, 0.2) is 0 Å². The zero-order valence-corrected chi connectivity index (χ0v) is 9.86. The van der Waals surface area contributed by atoms with Crippen molar-refractivity contribution in [2.24, 2.45) is 0 Å². The van der Waals surface area contributed by atoms with Crippen LogP contribution in [0.4, 0.5) is 0 Å². The molecule has 0 heterocycles. The summed E-state index contributed by atoms with van der Waals surface area (Å²) in [6.45, 7) is 0. The summed E-state index contributed by atoms with van der Waals surface area (Å²) in [5.41, 5.74) is 0. The van der Waals surface area contributed by atoms with Crippen molar-refractivity contribution in [1.29, 1.82) is 0 Å². The highest BCUT2D eigenvalue weighted by Crippen LogP contribution is 2.32. The molecular formula is C15H13O2-. The zero-order valence-electron chi connectivity index (χ0n) is 9.86. The second-order valence-corrected chi connectivity index (χ2v) is 4.05. The summed E-state index contributed by atoms with van der Waals surface area (Å²) < 4.78 is 10.5. The van der Waals surface area contributed by atoms with Crippen LogP contribution in [0.3, 0.4) is 0 Å². The van der Waals surface area contributed by atoms with E-state index in [1.165, 1.54) is 21.5 Å². The van der Waals surface area contributed by atoms with Crippen LogP contribution in [-0.2, 0) is 0 Å². The van der Waals surface area contributed by atoms with Crippen LogP contribution in [0.2, 0.25) is 0 Å². The van der Waals surface area contributed by atoms with Gasteiger partial charge in [-0.25, -0.2) is 0 Å². The Hall–Kier alpha value is -2.09. The molecule has 0 aliphatic carbocycles. The number of hydrogen-bond acceptors (Lipinski definition) is 2. The molecule has 0 saturated carbocycles. The Bertz CT molecular complexity index is 622. The summed E-state index contributed by atoms with van der Waals surface area (Å²) in [5.74, 6) is 1.78. The predicted molar refractivity (Wildman–Crippen MR) is 70.2 cm³/mol. The van der Waals surface area contributed by atoms with Crippen LogP contribution in [0, 0.1) is 0 Å². The van der Waals surface area contributed by atoms with Gasteiger partial charge in [0.2, 0.25) is 0 Å². The molecule has 0 fully saturated rings. The maximum atomic E-state index is 5.24. The van der Waals surface area contributed by atoms with E-state index >= 15 is 0 Å². The number of methoxy groups -OCH3 is 2. The monoisotopic (exact) mass is 225 g/mol. The van der Waals surface area contributed by atoms with E-state index in [0.717, 1.165) is 11.5 Å². The number of hydrogen-bond donors (Lipinski definition) is 0. The fourth-order valence-corrected chi connectivity index (χ4v) is 2.23. The molecule has 0 N–H and O–H groups in total. The molecular weight excluding hydrogens is 212 g/mol. The fourth-order valence-electron chi connectivity index (χ4n) is 2.23. The topological polar surface area (TPSA) is 18.5 Å². The van der Waals surface area contributed by atoms with Gasteiger partial charge in [-0.05, 0) is 6.07 Å². The molecule has 0 bridgehead atoms. The fraction of sp³-hybridized carbons (Fsp3) is 0.133. The quantitative estimate of drug-likeness (QED) is 0.619. The van der Waals surface area contributed by atoms with Crippen LogP contribution in [0.5, 0.6) is 11.5 Å². The molecule has 0 aliphatic heterocycles. The molecule has 0 spiro atoms. The molecule has 86 valence electrons. The van der Waals surface area contributed by atoms with Crippen LogP contribution in [-0.4, -0.2) is 14.2 Å². The summed E-state index contributed by atoms with van der Waals surface area (Å²) in [4.78, 5) is 0. The lowest BCUT2D eigenvalue weighted by Crippen LogP contribution is -1.80. The molecule has 3 aromatic rings. The summed E-state index contributed by atoms with van der Waals surface area (Å²) >= 11 is 0. The van der Waals surface area contributed by atoms with Gasteiger partial charge in [0.1, 0.15) is 5.75 Å². The van der Waals surface area contributed by atoms with Gasteiger partial charge in [0.05, 0.1) is 20.0 Å². The Kier molecular flexibility index (Phi) is 2.22. The first-order valence-corrected chi connectivity index (χ1v) is 5.53. The van der Waals surface area contributed by atoms with Gasteiger partial charge in [0, 0.05) is 0 Å². The van der Waals surface area contributed by atoms with Crippen LogP contribution in [0.25, 0.3) is 21.5 Å². The lowest BCUT2D eigenvalue weighted by atomic mass is 10.1. The molecule has 0 aliphatic rings. The van der Waals surface area contributed by atoms with Crippen molar-refractivity contribution in [2.45, 2.75) is 0 Å². The van der Waals surface area contributed by atoms with Gasteiger partial charge in [-0.1, -0.05) is 29.7 Å². The van der Waals surface area contributed by atoms with E-state index < -0.39 is 0 Å². The minimum absolute atomic E-state index is 0.889. The van der Waals surface area contributed by atoms with Crippen molar-refractivity contribution in [3.63, 3.8) is 0 Å². The molecule has 0 radical (unpaired) electrons. The molecule has 3 aromatic carbocycles. The van der Waals surface area contributed by atoms with Crippen molar-refractivity contribution in [2.75, 3.05) is 14.2 Å². The minimum Gasteiger partial charge on any atom is -0.531 e. The van der Waals surface area contributed by atoms with Crippen molar-refractivity contribution < 1.29 is 9.47 Å². The largest absolute Gasteiger partial charge is 0.531 e. The molecule has 2 nitrogen and oxygen atoms in total. The van der Waals surface area contributed by atoms with Crippen LogP contribution in [0.1, 0.15) is 0 Å². The minimum atomic E-state index is 0.889. The summed E-state index contributed by atoms with van der Waals surface area (Å²) in [6.07, 6.45) is 0. The number of fused-ring (bicyclic) bond motifs is 3. The maximum Gasteiger partial charge on any atom is 0.110 e. The molecule has 0 saturated heterocycles. The lowest BCUT2D eigenvalue weighted by Gasteiger charge is -2.05. The van der Waals surface area contributed by atoms with E-state index in [1.807, 2.05) is 12.1 Å². The van der Waals surface area contributed by atoms with Crippen molar-refractivity contribution >= 4 is 21.5 Å². The number of benzene rings is 2. The molecule has 3 rings (SSSR count). The normalized spacial score (nSPS) is 10.9. The molecule has 0 aromatic heterocycles. The van der Waals surface area contributed by atoms with Gasteiger partial charge in [-0.15, -0.1) is 28.3 Å². The van der Waals surface area contributed by atoms with Crippen molar-refractivity contribution in [3.8, 4) is 11.5 Å². The second kappa shape index (κ2) is 3.74. The van der Waals surface area contributed by atoms with Gasteiger partial charge >= 0.3 is 0 Å². The Balaban J connectivity index is 2.32. The lowest BCUT2D eigenvalue weighted by molar-refractivity contribution is 0.415. The highest BCUT2D eigenvalue weighted by molar-refractivity contribution is 6.12. The zero-order chi connectivity index (χ0) is 11.8. The van der Waals surface area contributed by atoms with E-state index in [0.29, 0.717) is 0 Å². The van der Waals surface area contributed by atoms with Gasteiger partial charge < -0.3 is 9.47 Å². The van der Waals surface area contributed by atoms with Gasteiger partial charge in [-0.2, -0.15) is 0 Å². The van der Waals surface area contributed by atoms with Crippen LogP contribution < -0.4 is 9.47 Å². The summed E-state index contributed by atoms with van der Waals surface area (Å²) in [6, 6.07) is 14.5. The highest BCUT2D eigenvalue weighted by atomic mass is 16.5. The summed E-state index contributed by atoms with van der Waals surface area (Å²) in [7, 11) is 3.37. The first-order chi connectivity index (χ1) is 8.31. The van der Waals surface area contributed by atoms with E-state index in [1.54, 1.807) is 14.2 Å². The Labute approximate surface area is 99.7 Å². The average Bonchev–Trinajstić information content (AvgIpc) is 2.74. The van der Waals surface area contributed by atoms with E-state index in [4.69, 9.17) is 9.47 Å². The maximum absolute atomic E-state index is 5.24. The molecule has 0 atom stereocenters. The van der Waals surface area contributed by atoms with E-state index in [-0.39, 0.29) is 0 Å². The average molecular weight is 225 g/mol. The molecule has 0 unspecified atom stereocenters. The molecule has 2 heteroatoms. The third-order valence-electron chi connectivity index (χ3n) is 3.12. The van der Waals surface area contributed by atoms with Crippen molar-refractivity contribution in [3.05, 3.63) is 42.5 Å². The SMILES string of the molecule is COc1ccc2c(c1)c[c-]1cc(OC)ccc21.